The van der Waals surface area contributed by atoms with Gasteiger partial charge in [0.2, 0.25) is 0 Å². The summed E-state index contributed by atoms with van der Waals surface area (Å²) in [5.41, 5.74) is 6.70. The second kappa shape index (κ2) is 4.41. The van der Waals surface area contributed by atoms with Crippen molar-refractivity contribution in [2.75, 3.05) is 18.9 Å². The molecule has 8 heteroatoms. The first kappa shape index (κ1) is 12.3. The molecule has 2 aromatic rings. The Balaban J connectivity index is 2.03. The lowest BCUT2D eigenvalue weighted by Crippen LogP contribution is -2.55. The number of imidazole rings is 1. The van der Waals surface area contributed by atoms with E-state index in [2.05, 4.69) is 15.0 Å². The number of hydrogen-bond donors (Lipinski definition) is 4. The van der Waals surface area contributed by atoms with Crippen LogP contribution in [0.15, 0.2) is 12.7 Å². The molecular formula is C11H15N5O3. The summed E-state index contributed by atoms with van der Waals surface area (Å²) in [6, 6.07) is -0.360. The van der Waals surface area contributed by atoms with Gasteiger partial charge < -0.3 is 25.6 Å². The van der Waals surface area contributed by atoms with Crippen molar-refractivity contribution in [3.63, 3.8) is 0 Å². The van der Waals surface area contributed by atoms with Crippen LogP contribution in [0.2, 0.25) is 0 Å². The van der Waals surface area contributed by atoms with Crippen LogP contribution >= 0.6 is 0 Å². The molecule has 0 amide bonds. The summed E-state index contributed by atoms with van der Waals surface area (Å²) in [5.74, 6) is -0.281. The zero-order valence-corrected chi connectivity index (χ0v) is 10.1. The van der Waals surface area contributed by atoms with Gasteiger partial charge >= 0.3 is 0 Å². The van der Waals surface area contributed by atoms with Crippen molar-refractivity contribution in [3.05, 3.63) is 12.7 Å². The van der Waals surface area contributed by atoms with Gasteiger partial charge in [0.1, 0.15) is 11.8 Å². The molecule has 2 aromatic heterocycles. The second-order valence-corrected chi connectivity index (χ2v) is 4.76. The van der Waals surface area contributed by atoms with Crippen molar-refractivity contribution < 1.29 is 15.3 Å². The zero-order valence-electron chi connectivity index (χ0n) is 10.1. The summed E-state index contributed by atoms with van der Waals surface area (Å²) in [6.07, 6.45) is 2.12. The van der Waals surface area contributed by atoms with E-state index in [4.69, 9.17) is 5.73 Å². The highest BCUT2D eigenvalue weighted by atomic mass is 16.3. The number of aliphatic hydroxyl groups excluding tert-OH is 3. The molecule has 0 spiro atoms. The van der Waals surface area contributed by atoms with E-state index in [0.717, 1.165) is 0 Å². The Morgan fingerprint density at radius 2 is 1.89 bits per heavy atom. The van der Waals surface area contributed by atoms with Gasteiger partial charge in [-0.15, -0.1) is 0 Å². The van der Waals surface area contributed by atoms with Crippen molar-refractivity contribution in [3.8, 4) is 0 Å². The lowest BCUT2D eigenvalue weighted by Gasteiger charge is -2.48. The van der Waals surface area contributed by atoms with Gasteiger partial charge in [0.25, 0.3) is 0 Å². The molecule has 1 aliphatic carbocycles. The Bertz CT molecular complexity index is 601. The maximum atomic E-state index is 10.1. The van der Waals surface area contributed by atoms with E-state index in [-0.39, 0.29) is 36.9 Å². The molecule has 102 valence electrons. The minimum atomic E-state index is -0.740. The zero-order chi connectivity index (χ0) is 13.6. The summed E-state index contributed by atoms with van der Waals surface area (Å²) in [7, 11) is 0. The summed E-state index contributed by atoms with van der Waals surface area (Å²) in [4.78, 5) is 12.1. The van der Waals surface area contributed by atoms with Crippen molar-refractivity contribution in [2.24, 2.45) is 11.8 Å². The lowest BCUT2D eigenvalue weighted by atomic mass is 9.67. The predicted octanol–water partition coefficient (Wildman–Crippen LogP) is -1.46. The van der Waals surface area contributed by atoms with Gasteiger partial charge in [0, 0.05) is 25.0 Å². The van der Waals surface area contributed by atoms with Crippen molar-refractivity contribution in [1.82, 2.24) is 19.5 Å². The molecule has 0 aliphatic heterocycles. The molecular weight excluding hydrogens is 250 g/mol. The molecule has 4 atom stereocenters. The monoisotopic (exact) mass is 265 g/mol. The van der Waals surface area contributed by atoms with Crippen LogP contribution < -0.4 is 5.73 Å². The first-order valence-electron chi connectivity index (χ1n) is 6.01. The SMILES string of the molecule is Nc1ncnc2c1ncn2C1[C@@H](O)[C@@H](CO)[C@H]1CO. The van der Waals surface area contributed by atoms with Crippen molar-refractivity contribution in [1.29, 1.82) is 0 Å². The summed E-state index contributed by atoms with van der Waals surface area (Å²) in [5, 5.41) is 28.7. The molecule has 1 aliphatic rings. The largest absolute Gasteiger partial charge is 0.396 e. The number of rotatable bonds is 3. The first-order valence-corrected chi connectivity index (χ1v) is 6.01. The van der Waals surface area contributed by atoms with Crippen LogP contribution in [0.5, 0.6) is 0 Å². The Morgan fingerprint density at radius 3 is 2.58 bits per heavy atom. The fourth-order valence-electron chi connectivity index (χ4n) is 2.81. The van der Waals surface area contributed by atoms with E-state index in [1.54, 1.807) is 4.57 Å². The standard InChI is InChI=1S/C11H15N5O3/c12-10-7-11(14-3-13-10)16(4-15-7)8-5(1-17)6(2-18)9(8)19/h3-6,8-9,17-19H,1-2H2,(H2,12,13,14)/t5-,6+,8?,9+/m1/s1. The van der Waals surface area contributed by atoms with E-state index in [1.807, 2.05) is 0 Å². The number of nitrogens with two attached hydrogens (primary N) is 1. The number of aliphatic hydroxyl groups is 3. The van der Waals surface area contributed by atoms with E-state index in [0.29, 0.717) is 11.2 Å². The quantitative estimate of drug-likeness (QED) is 0.533. The molecule has 3 rings (SSSR count). The molecule has 0 radical (unpaired) electrons. The normalized spacial score (nSPS) is 30.5. The highest BCUT2D eigenvalue weighted by Gasteiger charge is 2.50. The number of aromatic nitrogens is 4. The van der Waals surface area contributed by atoms with Gasteiger partial charge in [-0.05, 0) is 0 Å². The van der Waals surface area contributed by atoms with Gasteiger partial charge in [-0.25, -0.2) is 15.0 Å². The maximum absolute atomic E-state index is 10.1. The molecule has 0 saturated heterocycles. The Morgan fingerprint density at radius 1 is 1.16 bits per heavy atom. The van der Waals surface area contributed by atoms with Crippen molar-refractivity contribution in [2.45, 2.75) is 12.1 Å². The average molecular weight is 265 g/mol. The number of fused-ring (bicyclic) bond motifs is 1. The molecule has 0 aromatic carbocycles. The number of nitrogens with zero attached hydrogens (tertiary/aromatic N) is 4. The Kier molecular flexibility index (Phi) is 2.85. The number of hydrogen-bond acceptors (Lipinski definition) is 7. The van der Waals surface area contributed by atoms with Crippen molar-refractivity contribution >= 4 is 17.0 Å². The highest BCUT2D eigenvalue weighted by Crippen LogP contribution is 2.44. The average Bonchev–Trinajstić information content (AvgIpc) is 2.81. The summed E-state index contributed by atoms with van der Waals surface area (Å²) >= 11 is 0. The fraction of sp³-hybridized carbons (Fsp3) is 0.545. The molecule has 8 nitrogen and oxygen atoms in total. The maximum Gasteiger partial charge on any atom is 0.165 e. The van der Waals surface area contributed by atoms with Gasteiger partial charge in [0.15, 0.2) is 11.5 Å². The van der Waals surface area contributed by atoms with Crippen LogP contribution in [0.25, 0.3) is 11.2 Å². The van der Waals surface area contributed by atoms with E-state index >= 15 is 0 Å². The van der Waals surface area contributed by atoms with E-state index in [9.17, 15) is 15.3 Å². The minimum Gasteiger partial charge on any atom is -0.396 e. The van der Waals surface area contributed by atoms with Gasteiger partial charge in [-0.2, -0.15) is 0 Å². The Labute approximate surface area is 108 Å². The van der Waals surface area contributed by atoms with Crippen LogP contribution in [0.4, 0.5) is 5.82 Å². The van der Waals surface area contributed by atoms with Crippen LogP contribution in [-0.2, 0) is 0 Å². The van der Waals surface area contributed by atoms with Crippen LogP contribution in [0, 0.1) is 11.8 Å². The molecule has 5 N–H and O–H groups in total. The lowest BCUT2D eigenvalue weighted by molar-refractivity contribution is -0.126. The molecule has 1 fully saturated rings. The summed E-state index contributed by atoms with van der Waals surface area (Å²) < 4.78 is 1.69. The molecule has 2 heterocycles. The smallest absolute Gasteiger partial charge is 0.165 e. The predicted molar refractivity (Wildman–Crippen MR) is 65.9 cm³/mol. The highest BCUT2D eigenvalue weighted by molar-refractivity contribution is 5.81. The third-order valence-corrected chi connectivity index (χ3v) is 3.91. The van der Waals surface area contributed by atoms with E-state index in [1.165, 1.54) is 12.7 Å². The minimum absolute atomic E-state index is 0.118. The van der Waals surface area contributed by atoms with Crippen LogP contribution in [-0.4, -0.2) is 54.2 Å². The summed E-state index contributed by atoms with van der Waals surface area (Å²) in [6.45, 7) is -0.278. The van der Waals surface area contributed by atoms with Crippen LogP contribution in [0.1, 0.15) is 6.04 Å². The molecule has 19 heavy (non-hydrogen) atoms. The topological polar surface area (TPSA) is 130 Å². The molecule has 0 bridgehead atoms. The number of nitrogen functional groups attached to an aromatic ring is 1. The second-order valence-electron chi connectivity index (χ2n) is 4.76. The Hall–Kier alpha value is -1.77. The van der Waals surface area contributed by atoms with E-state index < -0.39 is 6.10 Å². The third kappa shape index (κ3) is 1.61. The fourth-order valence-corrected chi connectivity index (χ4v) is 2.81. The third-order valence-electron chi connectivity index (χ3n) is 3.91. The molecule has 1 unspecified atom stereocenters. The first-order chi connectivity index (χ1) is 9.19. The van der Waals surface area contributed by atoms with Gasteiger partial charge in [0.05, 0.1) is 18.5 Å². The van der Waals surface area contributed by atoms with Gasteiger partial charge in [-0.3, -0.25) is 0 Å². The van der Waals surface area contributed by atoms with Gasteiger partial charge in [-0.1, -0.05) is 0 Å². The molecule has 1 saturated carbocycles. The number of anilines is 1. The van der Waals surface area contributed by atoms with Crippen LogP contribution in [0.3, 0.4) is 0 Å².